The first-order valence-corrected chi connectivity index (χ1v) is 25.7. The lowest BCUT2D eigenvalue weighted by Gasteiger charge is -2.36. The number of imidazole rings is 1. The first-order chi connectivity index (χ1) is 34.3. The van der Waals surface area contributed by atoms with Crippen molar-refractivity contribution in [1.82, 2.24) is 46.0 Å². The van der Waals surface area contributed by atoms with Crippen molar-refractivity contribution in [2.24, 2.45) is 5.41 Å². The predicted molar refractivity (Wildman–Crippen MR) is 273 cm³/mol. The number of thiazole rings is 1. The number of nitrogens with zero attached hydrogens (tertiary/aromatic N) is 4. The maximum absolute atomic E-state index is 14.7. The summed E-state index contributed by atoms with van der Waals surface area (Å²) in [5.41, 5.74) is 4.40. The van der Waals surface area contributed by atoms with Crippen LogP contribution in [0.15, 0.2) is 72.2 Å². The molecule has 19 heteroatoms. The summed E-state index contributed by atoms with van der Waals surface area (Å²) in [5, 5.41) is 25.0. The fraction of sp³-hybridized carbons (Fsp3) is 0.472. The van der Waals surface area contributed by atoms with Crippen molar-refractivity contribution in [3.05, 3.63) is 100 Å². The van der Waals surface area contributed by atoms with Crippen LogP contribution in [0.25, 0.3) is 21.5 Å². The number of nitrogens with one attached hydrogen (secondary N) is 6. The van der Waals surface area contributed by atoms with E-state index in [9.17, 15) is 38.3 Å². The van der Waals surface area contributed by atoms with E-state index >= 15 is 0 Å². The highest BCUT2D eigenvalue weighted by atomic mass is 32.1. The lowest BCUT2D eigenvalue weighted by molar-refractivity contribution is -0.145. The molecule has 1 saturated carbocycles. The smallest absolute Gasteiger partial charge is 0.258 e. The van der Waals surface area contributed by atoms with Crippen LogP contribution < -0.4 is 26.6 Å². The number of amides is 6. The molecule has 3 fully saturated rings. The van der Waals surface area contributed by atoms with E-state index in [2.05, 4.69) is 48.4 Å². The lowest BCUT2D eigenvalue weighted by atomic mass is 9.85. The largest absolute Gasteiger partial charge is 0.391 e. The van der Waals surface area contributed by atoms with Crippen molar-refractivity contribution in [1.29, 1.82) is 0 Å². The summed E-state index contributed by atoms with van der Waals surface area (Å²) in [6.45, 7) is 11.6. The molecule has 8 rings (SSSR count). The Kier molecular flexibility index (Phi) is 15.9. The van der Waals surface area contributed by atoms with Crippen molar-refractivity contribution in [2.75, 3.05) is 31.5 Å². The topological polar surface area (TPSA) is 231 Å². The Balaban J connectivity index is 0.819. The molecule has 0 radical (unpaired) electrons. The molecule has 0 bridgehead atoms. The number of carbonyl (C=O) groups excluding carboxylic acids is 6. The quantitative estimate of drug-likeness (QED) is 0.0470. The van der Waals surface area contributed by atoms with E-state index in [0.29, 0.717) is 54.4 Å². The summed E-state index contributed by atoms with van der Waals surface area (Å²) >= 11 is 1.50. The SMILES string of the molecule is Cc1ncsc1-c1ccc([C@H](CC(=O)NCCCCNC(=O)c2ccc(C(=O)Nc3ccc4[nH]c(CN5CCC[C@@H]5C)nc4c3)cc2)NC(=O)[C@@H]2C[C@@H](O)CN2C(=O)[C@@H](NC(=O)C2(F)CC2)C(C)(C)C)cc1. The second kappa shape index (κ2) is 22.0. The van der Waals surface area contributed by atoms with E-state index in [4.69, 9.17) is 4.98 Å². The van der Waals surface area contributed by atoms with Crippen molar-refractivity contribution in [2.45, 2.75) is 128 Å². The number of β-amino-alcohol motifs (C(OH)–C–C–N with tert-alkyl or cyclic N) is 1. The number of H-pyrrole nitrogens is 1. The van der Waals surface area contributed by atoms with Gasteiger partial charge in [-0.3, -0.25) is 33.7 Å². The molecule has 2 saturated heterocycles. The summed E-state index contributed by atoms with van der Waals surface area (Å²) in [5.74, 6) is -2.13. The molecule has 1 aliphatic carbocycles. The maximum Gasteiger partial charge on any atom is 0.258 e. The summed E-state index contributed by atoms with van der Waals surface area (Å²) in [6.07, 6.45) is 2.38. The number of carbonyl (C=O) groups is 6. The molecule has 17 nitrogen and oxygen atoms in total. The minimum Gasteiger partial charge on any atom is -0.391 e. The second-order valence-electron chi connectivity index (χ2n) is 20.5. The van der Waals surface area contributed by atoms with Gasteiger partial charge in [0.05, 0.1) is 52.2 Å². The zero-order chi connectivity index (χ0) is 51.3. The lowest BCUT2D eigenvalue weighted by Crippen LogP contribution is -2.59. The fourth-order valence-corrected chi connectivity index (χ4v) is 10.1. The van der Waals surface area contributed by atoms with Crippen LogP contribution in [0.2, 0.25) is 0 Å². The van der Waals surface area contributed by atoms with Crippen LogP contribution in [0, 0.1) is 12.3 Å². The molecule has 5 atom stereocenters. The molecule has 3 aromatic carbocycles. The molecule has 5 aromatic rings. The standard InChI is InChI=1S/C53H65FN10O7S/c1-31-9-8-24-63(31)29-43-59-39-19-18-37(25-41(39)60-43)58-48(68)36-16-14-35(15-17-36)47(67)56-23-7-6-22-55-44(66)27-40(33-10-12-34(13-11-33)45-32(2)57-30-72-45)61-49(69)42-26-38(65)28-64(42)50(70)46(52(3,4)5)62-51(71)53(54)20-21-53/h10-19,25,30-31,38,40,42,46,65H,6-9,20-24,26-29H2,1-5H3,(H,55,66)(H,56,67)(H,58,68)(H,59,60)(H,61,69)(H,62,71)/t31-,38+,40-,42-,46+/m0/s1. The van der Waals surface area contributed by atoms with E-state index in [0.717, 1.165) is 46.1 Å². The molecule has 2 aliphatic heterocycles. The molecule has 4 heterocycles. The summed E-state index contributed by atoms with van der Waals surface area (Å²) in [7, 11) is 0. The van der Waals surface area contributed by atoms with E-state index in [1.807, 2.05) is 49.4 Å². The van der Waals surface area contributed by atoms with Crippen molar-refractivity contribution >= 4 is 63.5 Å². The molecule has 2 aromatic heterocycles. The van der Waals surface area contributed by atoms with Gasteiger partial charge in [-0.1, -0.05) is 45.0 Å². The molecule has 0 unspecified atom stereocenters. The highest BCUT2D eigenvalue weighted by Crippen LogP contribution is 2.40. The van der Waals surface area contributed by atoms with E-state index in [1.165, 1.54) is 29.1 Å². The van der Waals surface area contributed by atoms with Gasteiger partial charge in [0.25, 0.3) is 17.7 Å². The highest BCUT2D eigenvalue weighted by Gasteiger charge is 2.53. The third kappa shape index (κ3) is 12.5. The third-order valence-electron chi connectivity index (χ3n) is 13.8. The third-order valence-corrected chi connectivity index (χ3v) is 14.8. The van der Waals surface area contributed by atoms with Gasteiger partial charge in [0, 0.05) is 48.9 Å². The fourth-order valence-electron chi connectivity index (χ4n) is 9.33. The predicted octanol–water partition coefficient (Wildman–Crippen LogP) is 6.10. The second-order valence-corrected chi connectivity index (χ2v) is 21.4. The number of aliphatic hydroxyl groups is 1. The highest BCUT2D eigenvalue weighted by molar-refractivity contribution is 7.13. The monoisotopic (exact) mass is 1000 g/mol. The number of aryl methyl sites for hydroxylation is 1. The van der Waals surface area contributed by atoms with Crippen LogP contribution in [-0.2, 0) is 25.7 Å². The van der Waals surface area contributed by atoms with Crippen LogP contribution in [0.4, 0.5) is 10.1 Å². The summed E-state index contributed by atoms with van der Waals surface area (Å²) in [6, 6.07) is 16.8. The first-order valence-electron chi connectivity index (χ1n) is 24.8. The molecule has 6 amide bonds. The Morgan fingerprint density at radius 3 is 2.26 bits per heavy atom. The van der Waals surface area contributed by atoms with Gasteiger partial charge < -0.3 is 41.6 Å². The summed E-state index contributed by atoms with van der Waals surface area (Å²) < 4.78 is 14.7. The van der Waals surface area contributed by atoms with Gasteiger partial charge in [-0.25, -0.2) is 14.4 Å². The Hall–Kier alpha value is -6.57. The van der Waals surface area contributed by atoms with Gasteiger partial charge in [0.15, 0.2) is 5.67 Å². The van der Waals surface area contributed by atoms with E-state index in [-0.39, 0.29) is 49.9 Å². The van der Waals surface area contributed by atoms with Crippen molar-refractivity contribution in [3.63, 3.8) is 0 Å². The number of likely N-dealkylation sites (tertiary alicyclic amines) is 2. The molecule has 72 heavy (non-hydrogen) atoms. The Morgan fingerprint density at radius 2 is 1.62 bits per heavy atom. The molecular weight excluding hydrogens is 940 g/mol. The molecule has 7 N–H and O–H groups in total. The average Bonchev–Trinajstić information content (AvgIpc) is 3.74. The maximum atomic E-state index is 14.7. The van der Waals surface area contributed by atoms with Crippen LogP contribution in [-0.4, -0.2) is 121 Å². The Labute approximate surface area is 422 Å². The number of halogens is 1. The van der Waals surface area contributed by atoms with Gasteiger partial charge >= 0.3 is 0 Å². The number of aliphatic hydroxyl groups excluding tert-OH is 1. The number of alkyl halides is 1. The molecular formula is C53H65FN10O7S. The number of aromatic nitrogens is 3. The van der Waals surface area contributed by atoms with Crippen LogP contribution >= 0.6 is 11.3 Å². The van der Waals surface area contributed by atoms with Crippen LogP contribution in [0.5, 0.6) is 0 Å². The van der Waals surface area contributed by atoms with Gasteiger partial charge in [-0.05, 0) is 118 Å². The van der Waals surface area contributed by atoms with Crippen molar-refractivity contribution in [3.8, 4) is 10.4 Å². The Bertz CT molecular complexity index is 2790. The van der Waals surface area contributed by atoms with Gasteiger partial charge in [0.1, 0.15) is 17.9 Å². The normalized spacial score (nSPS) is 19.4. The summed E-state index contributed by atoms with van der Waals surface area (Å²) in [4.78, 5) is 97.8. The zero-order valence-corrected chi connectivity index (χ0v) is 42.3. The zero-order valence-electron chi connectivity index (χ0n) is 41.5. The molecule has 382 valence electrons. The first kappa shape index (κ1) is 51.8. The number of benzene rings is 3. The van der Waals surface area contributed by atoms with Crippen LogP contribution in [0.3, 0.4) is 0 Å². The number of anilines is 1. The van der Waals surface area contributed by atoms with Crippen molar-refractivity contribution < 1.29 is 38.3 Å². The minimum absolute atomic E-state index is 0.0681. The number of unbranched alkanes of at least 4 members (excludes halogenated alkanes) is 1. The number of fused-ring (bicyclic) bond motifs is 1. The minimum atomic E-state index is -2.02. The van der Waals surface area contributed by atoms with E-state index < -0.39 is 53.0 Å². The molecule has 3 aliphatic rings. The number of rotatable bonds is 19. The van der Waals surface area contributed by atoms with Gasteiger partial charge in [-0.2, -0.15) is 0 Å². The van der Waals surface area contributed by atoms with Gasteiger partial charge in [0.2, 0.25) is 17.7 Å². The van der Waals surface area contributed by atoms with E-state index in [1.54, 1.807) is 50.5 Å². The number of hydrogen-bond acceptors (Lipinski definition) is 11. The van der Waals surface area contributed by atoms with Crippen LogP contribution in [0.1, 0.15) is 123 Å². The molecule has 0 spiro atoms. The number of aromatic amines is 1. The van der Waals surface area contributed by atoms with Gasteiger partial charge in [-0.15, -0.1) is 11.3 Å². The average molecular weight is 1010 g/mol. The Morgan fingerprint density at radius 1 is 0.931 bits per heavy atom. The number of hydrogen-bond donors (Lipinski definition) is 7.